The second kappa shape index (κ2) is 12.9. The average molecular weight is 614 g/mol. The van der Waals surface area contributed by atoms with Gasteiger partial charge < -0.3 is 20.0 Å². The summed E-state index contributed by atoms with van der Waals surface area (Å²) in [6.45, 7) is 2.64. The van der Waals surface area contributed by atoms with Crippen molar-refractivity contribution in [2.24, 2.45) is 10.9 Å². The van der Waals surface area contributed by atoms with E-state index in [1.54, 1.807) is 24.1 Å². The first kappa shape index (κ1) is 31.4. The van der Waals surface area contributed by atoms with Gasteiger partial charge >= 0.3 is 6.18 Å². The summed E-state index contributed by atoms with van der Waals surface area (Å²) < 4.78 is 56.5. The molecule has 1 N–H and O–H groups in total. The molecule has 0 bridgehead atoms. The molecule has 12 heteroatoms. The van der Waals surface area contributed by atoms with E-state index in [1.807, 2.05) is 11.9 Å². The molecule has 3 aliphatic rings. The fourth-order valence-electron chi connectivity index (χ4n) is 6.01. The van der Waals surface area contributed by atoms with E-state index in [-0.39, 0.29) is 23.2 Å². The van der Waals surface area contributed by atoms with Crippen LogP contribution >= 0.6 is 0 Å². The summed E-state index contributed by atoms with van der Waals surface area (Å²) in [5.74, 6) is -4.79. The number of nitrogens with one attached hydrogen (secondary N) is 1. The number of nitrogens with zero attached hydrogens (tertiary/aromatic N) is 4. The largest absolute Gasteiger partial charge is 0.414 e. The van der Waals surface area contributed by atoms with Crippen molar-refractivity contribution in [2.45, 2.75) is 44.3 Å². The van der Waals surface area contributed by atoms with Gasteiger partial charge in [0.25, 0.3) is 11.8 Å². The third-order valence-corrected chi connectivity index (χ3v) is 8.64. The Morgan fingerprint density at radius 1 is 1.00 bits per heavy atom. The highest BCUT2D eigenvalue weighted by molar-refractivity contribution is 6.11. The van der Waals surface area contributed by atoms with E-state index in [9.17, 15) is 27.6 Å². The standard InChI is InChI=1S/C32H35F4N5O3/c1-39-12-14-41(15-13-39)28-11-9-20(17-27(28)38-30(43)24-19-37-29(42)18-25(24)32(34,35)36)23-16-21(8-10-26(23)33)31(44)40(2)22-6-4-3-5-7-22/h8-11,16-19,22,24H,3-7,12-15H2,1-2H3,(H,38,43). The van der Waals surface area contributed by atoms with Crippen LogP contribution in [0.4, 0.5) is 28.9 Å². The van der Waals surface area contributed by atoms with Gasteiger partial charge in [-0.15, -0.1) is 0 Å². The molecule has 44 heavy (non-hydrogen) atoms. The van der Waals surface area contributed by atoms with Crippen molar-refractivity contribution in [3.05, 3.63) is 59.4 Å². The van der Waals surface area contributed by atoms with Gasteiger partial charge in [0.05, 0.1) is 16.9 Å². The van der Waals surface area contributed by atoms with Crippen molar-refractivity contribution in [2.75, 3.05) is 50.5 Å². The van der Waals surface area contributed by atoms with Gasteiger partial charge in [0.2, 0.25) is 5.91 Å². The number of hydrogen-bond acceptors (Lipinski definition) is 5. The lowest BCUT2D eigenvalue weighted by atomic mass is 9.93. The number of dihydropyridines is 1. The maximum Gasteiger partial charge on any atom is 0.414 e. The van der Waals surface area contributed by atoms with Gasteiger partial charge in [-0.25, -0.2) is 9.38 Å². The molecule has 1 aliphatic carbocycles. The predicted octanol–water partition coefficient (Wildman–Crippen LogP) is 5.30. The van der Waals surface area contributed by atoms with Crippen molar-refractivity contribution in [1.29, 1.82) is 0 Å². The average Bonchev–Trinajstić information content (AvgIpc) is 3.01. The van der Waals surface area contributed by atoms with Gasteiger partial charge in [0.15, 0.2) is 0 Å². The van der Waals surface area contributed by atoms with Gasteiger partial charge in [0, 0.05) is 62.7 Å². The summed E-state index contributed by atoms with van der Waals surface area (Å²) in [6, 6.07) is 9.11. The van der Waals surface area contributed by atoms with Crippen LogP contribution in [0.25, 0.3) is 11.1 Å². The summed E-state index contributed by atoms with van der Waals surface area (Å²) in [5.41, 5.74) is 0.192. The van der Waals surface area contributed by atoms with Crippen LogP contribution in [-0.4, -0.2) is 86.2 Å². The molecule has 2 heterocycles. The zero-order chi connectivity index (χ0) is 31.6. The molecule has 234 valence electrons. The number of aliphatic imine (C=N–C) groups is 1. The first-order valence-electron chi connectivity index (χ1n) is 14.7. The molecule has 8 nitrogen and oxygen atoms in total. The van der Waals surface area contributed by atoms with Crippen molar-refractivity contribution in [1.82, 2.24) is 9.80 Å². The van der Waals surface area contributed by atoms with Gasteiger partial charge in [-0.05, 0) is 55.8 Å². The summed E-state index contributed by atoms with van der Waals surface area (Å²) in [4.78, 5) is 47.5. The number of hydrogen-bond donors (Lipinski definition) is 1. The molecule has 2 fully saturated rings. The van der Waals surface area contributed by atoms with Crippen LogP contribution in [0.5, 0.6) is 0 Å². The predicted molar refractivity (Wildman–Crippen MR) is 160 cm³/mol. The number of piperazine rings is 1. The quantitative estimate of drug-likeness (QED) is 0.447. The Morgan fingerprint density at radius 2 is 1.70 bits per heavy atom. The summed E-state index contributed by atoms with van der Waals surface area (Å²) in [6.07, 6.45) is 1.16. The topological polar surface area (TPSA) is 85.3 Å². The van der Waals surface area contributed by atoms with Crippen molar-refractivity contribution in [3.8, 4) is 11.1 Å². The minimum absolute atomic E-state index is 0.115. The molecule has 1 atom stereocenters. The minimum atomic E-state index is -4.92. The maximum absolute atomic E-state index is 15.3. The highest BCUT2D eigenvalue weighted by atomic mass is 19.4. The number of alkyl halides is 3. The number of benzene rings is 2. The Bertz CT molecular complexity index is 1490. The Labute approximate surface area is 253 Å². The Hall–Kier alpha value is -4.06. The van der Waals surface area contributed by atoms with E-state index in [4.69, 9.17) is 0 Å². The third-order valence-electron chi connectivity index (χ3n) is 8.64. The first-order valence-corrected chi connectivity index (χ1v) is 14.7. The van der Waals surface area contributed by atoms with E-state index in [0.717, 1.165) is 45.2 Å². The van der Waals surface area contributed by atoms with Gasteiger partial charge in [-0.1, -0.05) is 25.3 Å². The molecule has 2 aliphatic heterocycles. The lowest BCUT2D eigenvalue weighted by molar-refractivity contribution is -0.124. The van der Waals surface area contributed by atoms with Crippen LogP contribution < -0.4 is 10.2 Å². The smallest absolute Gasteiger partial charge is 0.367 e. The fourth-order valence-corrected chi connectivity index (χ4v) is 6.01. The number of halogens is 4. The number of carbonyl (C=O) groups is 3. The van der Waals surface area contributed by atoms with Crippen LogP contribution in [0.15, 0.2) is 53.0 Å². The molecular weight excluding hydrogens is 578 g/mol. The van der Waals surface area contributed by atoms with Crippen LogP contribution in [0.3, 0.4) is 0 Å². The molecule has 1 saturated heterocycles. The summed E-state index contributed by atoms with van der Waals surface area (Å²) >= 11 is 0. The Kier molecular flexibility index (Phi) is 9.19. The van der Waals surface area contributed by atoms with Gasteiger partial charge in [-0.2, -0.15) is 13.2 Å². The molecule has 0 spiro atoms. The number of amides is 3. The number of rotatable bonds is 6. The van der Waals surface area contributed by atoms with Gasteiger partial charge in [0.1, 0.15) is 11.7 Å². The molecule has 3 amide bonds. The van der Waals surface area contributed by atoms with Crippen LogP contribution in [0.1, 0.15) is 42.5 Å². The van der Waals surface area contributed by atoms with Gasteiger partial charge in [-0.3, -0.25) is 14.4 Å². The zero-order valence-corrected chi connectivity index (χ0v) is 24.7. The lowest BCUT2D eigenvalue weighted by Gasteiger charge is -2.35. The SMILES string of the molecule is CN1CCN(c2ccc(-c3cc(C(=O)N(C)C4CCCCC4)ccc3F)cc2NC(=O)C2C=NC(=O)C=C2C(F)(F)F)CC1. The second-order valence-electron chi connectivity index (χ2n) is 11.6. The zero-order valence-electron chi connectivity index (χ0n) is 24.7. The molecule has 2 aromatic carbocycles. The van der Waals surface area contributed by atoms with Crippen LogP contribution in [-0.2, 0) is 9.59 Å². The highest BCUT2D eigenvalue weighted by Gasteiger charge is 2.43. The number of anilines is 2. The van der Waals surface area contributed by atoms with Crippen molar-refractivity contribution < 1.29 is 31.9 Å². The molecule has 0 aromatic heterocycles. The molecular formula is C32H35F4N5O3. The first-order chi connectivity index (χ1) is 20.9. The monoisotopic (exact) mass is 613 g/mol. The van der Waals surface area contributed by atoms with Crippen LogP contribution in [0.2, 0.25) is 0 Å². The number of carbonyl (C=O) groups excluding carboxylic acids is 3. The normalized spacial score (nSPS) is 20.0. The van der Waals surface area contributed by atoms with Crippen LogP contribution in [0, 0.1) is 11.7 Å². The van der Waals surface area contributed by atoms with E-state index < -0.39 is 35.3 Å². The molecule has 5 rings (SSSR count). The highest BCUT2D eigenvalue weighted by Crippen LogP contribution is 2.37. The summed E-state index contributed by atoms with van der Waals surface area (Å²) in [7, 11) is 3.73. The van der Waals surface area contributed by atoms with Crippen molar-refractivity contribution >= 4 is 35.3 Å². The van der Waals surface area contributed by atoms with E-state index in [1.165, 1.54) is 24.3 Å². The van der Waals surface area contributed by atoms with E-state index >= 15 is 4.39 Å². The third kappa shape index (κ3) is 6.85. The fraction of sp³-hybridized carbons (Fsp3) is 0.438. The molecule has 1 unspecified atom stereocenters. The molecule has 2 aromatic rings. The summed E-state index contributed by atoms with van der Waals surface area (Å²) in [5, 5.41) is 2.60. The Balaban J connectivity index is 1.49. The van der Waals surface area contributed by atoms with E-state index in [2.05, 4.69) is 15.2 Å². The minimum Gasteiger partial charge on any atom is -0.367 e. The number of likely N-dealkylation sites (N-methyl/N-ethyl adjacent to an activating group) is 1. The maximum atomic E-state index is 15.3. The molecule has 0 radical (unpaired) electrons. The van der Waals surface area contributed by atoms with E-state index in [0.29, 0.717) is 42.2 Å². The lowest BCUT2D eigenvalue weighted by Crippen LogP contribution is -2.44. The second-order valence-corrected chi connectivity index (χ2v) is 11.6. The van der Waals surface area contributed by atoms with Crippen molar-refractivity contribution in [3.63, 3.8) is 0 Å². The molecule has 1 saturated carbocycles. The Morgan fingerprint density at radius 3 is 2.39 bits per heavy atom.